The van der Waals surface area contributed by atoms with Crippen LogP contribution in [0.4, 0.5) is 4.79 Å². The number of carbonyl (C=O) groups excluding carboxylic acids is 2. The smallest absolute Gasteiger partial charge is 0.328 e. The van der Waals surface area contributed by atoms with Gasteiger partial charge < -0.3 is 9.42 Å². The van der Waals surface area contributed by atoms with Crippen LogP contribution in [-0.2, 0) is 24.9 Å². The topological polar surface area (TPSA) is 97.4 Å². The number of rotatable bonds is 4. The van der Waals surface area contributed by atoms with E-state index in [4.69, 9.17) is 4.52 Å². The number of nitrogens with zero attached hydrogens (tertiary/aromatic N) is 6. The van der Waals surface area contributed by atoms with Crippen LogP contribution < -0.4 is 0 Å². The largest absolute Gasteiger partial charge is 0.337 e. The number of hydrogen-bond acceptors (Lipinski definition) is 6. The minimum atomic E-state index is -0.361. The summed E-state index contributed by atoms with van der Waals surface area (Å²) in [4.78, 5) is 30.8. The highest BCUT2D eigenvalue weighted by Gasteiger charge is 2.36. The van der Waals surface area contributed by atoms with Gasteiger partial charge in [0.2, 0.25) is 5.89 Å². The van der Waals surface area contributed by atoms with Crippen LogP contribution in [0.5, 0.6) is 0 Å². The average molecular weight is 290 g/mol. The number of carbonyl (C=O) groups is 2. The van der Waals surface area contributed by atoms with Gasteiger partial charge in [0.25, 0.3) is 5.91 Å². The minimum absolute atomic E-state index is 0.0144. The van der Waals surface area contributed by atoms with E-state index in [1.54, 1.807) is 31.0 Å². The second kappa shape index (κ2) is 5.00. The summed E-state index contributed by atoms with van der Waals surface area (Å²) < 4.78 is 6.59. The zero-order valence-electron chi connectivity index (χ0n) is 11.7. The molecule has 9 heteroatoms. The van der Waals surface area contributed by atoms with Gasteiger partial charge in [0.15, 0.2) is 5.82 Å². The fourth-order valence-electron chi connectivity index (χ4n) is 2.18. The lowest BCUT2D eigenvalue weighted by atomic mass is 10.3. The fraction of sp³-hybridized carbons (Fsp3) is 0.417. The molecule has 1 saturated heterocycles. The van der Waals surface area contributed by atoms with Gasteiger partial charge in [-0.15, -0.1) is 0 Å². The predicted molar refractivity (Wildman–Crippen MR) is 68.6 cm³/mol. The van der Waals surface area contributed by atoms with Crippen LogP contribution in [0.1, 0.15) is 17.3 Å². The second-order valence-electron chi connectivity index (χ2n) is 4.88. The van der Waals surface area contributed by atoms with Crippen molar-refractivity contribution in [3.05, 3.63) is 29.7 Å². The Morgan fingerprint density at radius 1 is 1.33 bits per heavy atom. The Labute approximate surface area is 120 Å². The number of aryl methyl sites for hydroxylation is 2. The molecule has 0 aromatic carbocycles. The highest BCUT2D eigenvalue weighted by molar-refractivity contribution is 6.01. The fourth-order valence-corrected chi connectivity index (χ4v) is 2.18. The molecule has 0 atom stereocenters. The van der Waals surface area contributed by atoms with Crippen molar-refractivity contribution >= 4 is 11.9 Å². The van der Waals surface area contributed by atoms with Crippen molar-refractivity contribution in [2.75, 3.05) is 6.54 Å². The maximum atomic E-state index is 12.3. The Morgan fingerprint density at radius 2 is 2.14 bits per heavy atom. The molecule has 0 unspecified atom stereocenters. The molecule has 1 aliphatic heterocycles. The van der Waals surface area contributed by atoms with Crippen LogP contribution in [0.2, 0.25) is 0 Å². The average Bonchev–Trinajstić information content (AvgIpc) is 3.08. The number of hydrogen-bond donors (Lipinski definition) is 0. The summed E-state index contributed by atoms with van der Waals surface area (Å²) in [5, 5.41) is 7.68. The molecule has 110 valence electrons. The summed E-state index contributed by atoms with van der Waals surface area (Å²) in [7, 11) is 1.78. The molecular weight excluding hydrogens is 276 g/mol. The van der Waals surface area contributed by atoms with Crippen molar-refractivity contribution in [3.8, 4) is 0 Å². The molecule has 3 heterocycles. The summed E-state index contributed by atoms with van der Waals surface area (Å²) in [6.07, 6.45) is 3.40. The minimum Gasteiger partial charge on any atom is -0.337 e. The molecule has 1 fully saturated rings. The Balaban J connectivity index is 1.69. The van der Waals surface area contributed by atoms with Crippen LogP contribution in [-0.4, -0.2) is 48.2 Å². The molecule has 3 amide bonds. The molecule has 2 aromatic heterocycles. The van der Waals surface area contributed by atoms with E-state index in [0.29, 0.717) is 11.7 Å². The predicted octanol–water partition coefficient (Wildman–Crippen LogP) is 0.0759. The molecule has 1 aliphatic rings. The third-order valence-electron chi connectivity index (χ3n) is 3.12. The van der Waals surface area contributed by atoms with Gasteiger partial charge in [-0.25, -0.2) is 4.79 Å². The first-order chi connectivity index (χ1) is 10.0. The quantitative estimate of drug-likeness (QED) is 0.739. The summed E-state index contributed by atoms with van der Waals surface area (Å²) >= 11 is 0. The van der Waals surface area contributed by atoms with Crippen LogP contribution in [0.15, 0.2) is 16.9 Å². The number of aromatic nitrogens is 4. The molecule has 0 radical (unpaired) electrons. The van der Waals surface area contributed by atoms with E-state index < -0.39 is 0 Å². The maximum Gasteiger partial charge on any atom is 0.328 e. The lowest BCUT2D eigenvalue weighted by molar-refractivity contribution is -0.125. The summed E-state index contributed by atoms with van der Waals surface area (Å²) in [5.41, 5.74) is 0.801. The Bertz CT molecular complexity index is 691. The SMILES string of the molecule is Cc1noc(CN2CC(=O)N(Cc3cnn(C)c3)C2=O)n1. The van der Waals surface area contributed by atoms with Crippen molar-refractivity contribution in [2.45, 2.75) is 20.0 Å². The van der Waals surface area contributed by atoms with Crippen LogP contribution in [0, 0.1) is 6.92 Å². The van der Waals surface area contributed by atoms with Gasteiger partial charge in [0, 0.05) is 18.8 Å². The van der Waals surface area contributed by atoms with E-state index in [1.165, 1.54) is 9.80 Å². The lowest BCUT2D eigenvalue weighted by Gasteiger charge is -2.14. The van der Waals surface area contributed by atoms with Crippen molar-refractivity contribution in [3.63, 3.8) is 0 Å². The third-order valence-corrected chi connectivity index (χ3v) is 3.12. The molecule has 0 bridgehead atoms. The lowest BCUT2D eigenvalue weighted by Crippen LogP contribution is -2.32. The van der Waals surface area contributed by atoms with Gasteiger partial charge in [-0.2, -0.15) is 10.1 Å². The highest BCUT2D eigenvalue weighted by Crippen LogP contribution is 2.16. The van der Waals surface area contributed by atoms with E-state index in [9.17, 15) is 9.59 Å². The first-order valence-electron chi connectivity index (χ1n) is 6.39. The summed E-state index contributed by atoms with van der Waals surface area (Å²) in [5.74, 6) is 0.562. The Kier molecular flexibility index (Phi) is 3.16. The van der Waals surface area contributed by atoms with Crippen LogP contribution in [0.3, 0.4) is 0 Å². The Morgan fingerprint density at radius 3 is 2.76 bits per heavy atom. The van der Waals surface area contributed by atoms with E-state index in [1.807, 2.05) is 0 Å². The van der Waals surface area contributed by atoms with Gasteiger partial charge in [-0.1, -0.05) is 5.16 Å². The number of imide groups is 1. The maximum absolute atomic E-state index is 12.3. The van der Waals surface area contributed by atoms with Crippen molar-refractivity contribution in [2.24, 2.45) is 7.05 Å². The molecule has 2 aromatic rings. The van der Waals surface area contributed by atoms with E-state index in [-0.39, 0.29) is 31.6 Å². The van der Waals surface area contributed by atoms with E-state index in [0.717, 1.165) is 5.56 Å². The standard InChI is InChI=1S/C12H14N6O3/c1-8-14-10(21-15-8)6-17-7-11(19)18(12(17)20)5-9-3-13-16(2)4-9/h3-4H,5-7H2,1-2H3. The number of amides is 3. The molecule has 3 rings (SSSR count). The van der Waals surface area contributed by atoms with Gasteiger partial charge in [-0.05, 0) is 6.92 Å². The van der Waals surface area contributed by atoms with Gasteiger partial charge in [-0.3, -0.25) is 14.4 Å². The molecule has 0 saturated carbocycles. The number of urea groups is 1. The van der Waals surface area contributed by atoms with Crippen LogP contribution >= 0.6 is 0 Å². The molecule has 0 spiro atoms. The van der Waals surface area contributed by atoms with Crippen molar-refractivity contribution in [1.82, 2.24) is 29.7 Å². The zero-order valence-corrected chi connectivity index (χ0v) is 11.7. The first kappa shape index (κ1) is 13.3. The van der Waals surface area contributed by atoms with Gasteiger partial charge in [0.1, 0.15) is 13.1 Å². The van der Waals surface area contributed by atoms with Crippen molar-refractivity contribution < 1.29 is 14.1 Å². The summed E-state index contributed by atoms with van der Waals surface area (Å²) in [6, 6.07) is -0.361. The van der Waals surface area contributed by atoms with Crippen LogP contribution in [0.25, 0.3) is 0 Å². The second-order valence-corrected chi connectivity index (χ2v) is 4.88. The normalized spacial score (nSPS) is 15.3. The molecule has 0 N–H and O–H groups in total. The molecular formula is C12H14N6O3. The molecule has 9 nitrogen and oxygen atoms in total. The molecule has 0 aliphatic carbocycles. The highest BCUT2D eigenvalue weighted by atomic mass is 16.5. The monoisotopic (exact) mass is 290 g/mol. The van der Waals surface area contributed by atoms with Gasteiger partial charge in [0.05, 0.1) is 12.7 Å². The zero-order chi connectivity index (χ0) is 15.0. The summed E-state index contributed by atoms with van der Waals surface area (Å²) in [6.45, 7) is 2.05. The van der Waals surface area contributed by atoms with Gasteiger partial charge >= 0.3 is 6.03 Å². The molecule has 21 heavy (non-hydrogen) atoms. The first-order valence-corrected chi connectivity index (χ1v) is 6.39. The van der Waals surface area contributed by atoms with Crippen molar-refractivity contribution in [1.29, 1.82) is 0 Å². The van der Waals surface area contributed by atoms with E-state index in [2.05, 4.69) is 15.2 Å². The Hall–Kier alpha value is -2.71. The van der Waals surface area contributed by atoms with E-state index >= 15 is 0 Å². The third kappa shape index (κ3) is 2.62.